The van der Waals surface area contributed by atoms with Crippen LogP contribution in [0, 0.1) is 5.82 Å². The maximum absolute atomic E-state index is 13.1. The first-order valence-electron chi connectivity index (χ1n) is 5.75. The van der Waals surface area contributed by atoms with Crippen molar-refractivity contribution in [2.45, 2.75) is 6.61 Å². The van der Waals surface area contributed by atoms with Gasteiger partial charge in [-0.3, -0.25) is 0 Å². The van der Waals surface area contributed by atoms with E-state index in [1.54, 1.807) is 0 Å². The van der Waals surface area contributed by atoms with Crippen LogP contribution in [0.4, 0.5) is 4.39 Å². The molecular formula is C15H13FO3. The first-order valence-corrected chi connectivity index (χ1v) is 5.75. The summed E-state index contributed by atoms with van der Waals surface area (Å²) in [5, 5.41) is 0. The molecule has 19 heavy (non-hydrogen) atoms. The van der Waals surface area contributed by atoms with Gasteiger partial charge in [0.15, 0.2) is 0 Å². The second kappa shape index (κ2) is 6.00. The maximum Gasteiger partial charge on any atom is 0.342 e. The van der Waals surface area contributed by atoms with E-state index in [9.17, 15) is 9.18 Å². The summed E-state index contributed by atoms with van der Waals surface area (Å²) in [5.41, 5.74) is 0.949. The average molecular weight is 260 g/mol. The molecule has 0 bridgehead atoms. The minimum Gasteiger partial charge on any atom is -0.496 e. The van der Waals surface area contributed by atoms with Crippen molar-refractivity contribution < 1.29 is 18.7 Å². The van der Waals surface area contributed by atoms with Crippen molar-refractivity contribution in [3.8, 4) is 5.75 Å². The first kappa shape index (κ1) is 13.1. The van der Waals surface area contributed by atoms with Gasteiger partial charge in [0.25, 0.3) is 0 Å². The molecule has 0 saturated heterocycles. The zero-order chi connectivity index (χ0) is 13.7. The predicted molar refractivity (Wildman–Crippen MR) is 68.5 cm³/mol. The molecule has 0 atom stereocenters. The van der Waals surface area contributed by atoms with Crippen LogP contribution in [-0.4, -0.2) is 13.1 Å². The molecule has 4 heteroatoms. The first-order chi connectivity index (χ1) is 9.20. The molecule has 0 saturated carbocycles. The molecule has 0 unspecified atom stereocenters. The van der Waals surface area contributed by atoms with Crippen LogP contribution in [0.1, 0.15) is 15.9 Å². The van der Waals surface area contributed by atoms with Crippen LogP contribution in [-0.2, 0) is 11.3 Å². The monoisotopic (exact) mass is 260 g/mol. The van der Waals surface area contributed by atoms with Crippen molar-refractivity contribution in [2.75, 3.05) is 7.11 Å². The topological polar surface area (TPSA) is 35.5 Å². The lowest BCUT2D eigenvalue weighted by atomic mass is 10.2. The summed E-state index contributed by atoms with van der Waals surface area (Å²) in [4.78, 5) is 11.9. The van der Waals surface area contributed by atoms with E-state index >= 15 is 0 Å². The second-order valence-corrected chi connectivity index (χ2v) is 3.91. The van der Waals surface area contributed by atoms with Crippen molar-refractivity contribution in [3.05, 3.63) is 65.5 Å². The van der Waals surface area contributed by atoms with Gasteiger partial charge in [0.2, 0.25) is 0 Å². The van der Waals surface area contributed by atoms with E-state index in [2.05, 4.69) is 0 Å². The second-order valence-electron chi connectivity index (χ2n) is 3.91. The van der Waals surface area contributed by atoms with Crippen LogP contribution in [0.25, 0.3) is 0 Å². The highest BCUT2D eigenvalue weighted by atomic mass is 19.1. The molecule has 3 nitrogen and oxygen atoms in total. The minimum atomic E-state index is -0.611. The maximum atomic E-state index is 13.1. The molecule has 0 N–H and O–H groups in total. The van der Waals surface area contributed by atoms with Crippen LogP contribution < -0.4 is 4.74 Å². The summed E-state index contributed by atoms with van der Waals surface area (Å²) in [7, 11) is 1.42. The molecule has 0 aromatic heterocycles. The van der Waals surface area contributed by atoms with Gasteiger partial charge in [0, 0.05) is 0 Å². The average Bonchev–Trinajstić information content (AvgIpc) is 2.46. The third kappa shape index (κ3) is 3.31. The van der Waals surface area contributed by atoms with Crippen molar-refractivity contribution in [2.24, 2.45) is 0 Å². The lowest BCUT2D eigenvalue weighted by molar-refractivity contribution is 0.0468. The van der Waals surface area contributed by atoms with Crippen LogP contribution in [0.5, 0.6) is 5.75 Å². The summed E-state index contributed by atoms with van der Waals surface area (Å²) in [5.74, 6) is -0.827. The summed E-state index contributed by atoms with van der Waals surface area (Å²) < 4.78 is 23.3. The van der Waals surface area contributed by atoms with Gasteiger partial charge in [0.1, 0.15) is 23.7 Å². The Balaban J connectivity index is 2.10. The molecule has 2 rings (SSSR count). The molecule has 2 aromatic rings. The lowest BCUT2D eigenvalue weighted by Crippen LogP contribution is -2.07. The summed E-state index contributed by atoms with van der Waals surface area (Å²) >= 11 is 0. The van der Waals surface area contributed by atoms with E-state index in [4.69, 9.17) is 9.47 Å². The third-order valence-electron chi connectivity index (χ3n) is 2.59. The Bertz CT molecular complexity index is 567. The number of ether oxygens (including phenoxy) is 2. The number of hydrogen-bond acceptors (Lipinski definition) is 3. The van der Waals surface area contributed by atoms with Gasteiger partial charge in [-0.15, -0.1) is 0 Å². The Labute approximate surface area is 110 Å². The van der Waals surface area contributed by atoms with E-state index in [1.807, 2.05) is 30.3 Å². The van der Waals surface area contributed by atoms with Crippen LogP contribution in [0.15, 0.2) is 48.5 Å². The number of carbonyl (C=O) groups is 1. The van der Waals surface area contributed by atoms with Crippen LogP contribution in [0.2, 0.25) is 0 Å². The molecule has 2 aromatic carbocycles. The molecule has 0 fully saturated rings. The van der Waals surface area contributed by atoms with Crippen molar-refractivity contribution >= 4 is 5.97 Å². The molecule has 0 aliphatic rings. The van der Waals surface area contributed by atoms with Gasteiger partial charge in [-0.05, 0) is 23.8 Å². The van der Waals surface area contributed by atoms with Crippen molar-refractivity contribution in [3.63, 3.8) is 0 Å². The number of methoxy groups -OCH3 is 1. The highest BCUT2D eigenvalue weighted by Gasteiger charge is 2.14. The van der Waals surface area contributed by atoms with Crippen LogP contribution >= 0.6 is 0 Å². The Hall–Kier alpha value is -2.36. The zero-order valence-corrected chi connectivity index (χ0v) is 10.4. The highest BCUT2D eigenvalue weighted by Crippen LogP contribution is 2.20. The summed E-state index contributed by atoms with van der Waals surface area (Å²) in [6.07, 6.45) is 0. The van der Waals surface area contributed by atoms with E-state index in [1.165, 1.54) is 19.2 Å². The SMILES string of the molecule is COc1ccc(F)cc1C(=O)OCc1ccccc1. The van der Waals surface area contributed by atoms with Gasteiger partial charge in [0.05, 0.1) is 7.11 Å². The molecular weight excluding hydrogens is 247 g/mol. The largest absolute Gasteiger partial charge is 0.496 e. The van der Waals surface area contributed by atoms with E-state index < -0.39 is 11.8 Å². The molecule has 0 aliphatic carbocycles. The van der Waals surface area contributed by atoms with Gasteiger partial charge in [-0.25, -0.2) is 9.18 Å². The van der Waals surface area contributed by atoms with E-state index in [0.29, 0.717) is 5.75 Å². The van der Waals surface area contributed by atoms with Gasteiger partial charge in [-0.2, -0.15) is 0 Å². The molecule has 98 valence electrons. The Morgan fingerprint density at radius 3 is 2.58 bits per heavy atom. The number of halogens is 1. The molecule has 0 heterocycles. The molecule has 0 radical (unpaired) electrons. The van der Waals surface area contributed by atoms with Crippen molar-refractivity contribution in [1.29, 1.82) is 0 Å². The fourth-order valence-electron chi connectivity index (χ4n) is 1.64. The Morgan fingerprint density at radius 1 is 1.16 bits per heavy atom. The molecule has 0 amide bonds. The Morgan fingerprint density at radius 2 is 1.89 bits per heavy atom. The standard InChI is InChI=1S/C15H13FO3/c1-18-14-8-7-12(16)9-13(14)15(17)19-10-11-5-3-2-4-6-11/h2-9H,10H2,1H3. The minimum absolute atomic E-state index is 0.0819. The van der Waals surface area contributed by atoms with Gasteiger partial charge < -0.3 is 9.47 Å². The zero-order valence-electron chi connectivity index (χ0n) is 10.4. The lowest BCUT2D eigenvalue weighted by Gasteiger charge is -2.08. The van der Waals surface area contributed by atoms with E-state index in [-0.39, 0.29) is 12.2 Å². The number of benzene rings is 2. The van der Waals surface area contributed by atoms with Gasteiger partial charge >= 0.3 is 5.97 Å². The smallest absolute Gasteiger partial charge is 0.342 e. The molecule has 0 spiro atoms. The summed E-state index contributed by atoms with van der Waals surface area (Å²) in [6, 6.07) is 13.0. The number of hydrogen-bond donors (Lipinski definition) is 0. The summed E-state index contributed by atoms with van der Waals surface area (Å²) in [6.45, 7) is 0.138. The fraction of sp³-hybridized carbons (Fsp3) is 0.133. The van der Waals surface area contributed by atoms with Gasteiger partial charge in [-0.1, -0.05) is 30.3 Å². The Kier molecular flexibility index (Phi) is 4.13. The highest BCUT2D eigenvalue weighted by molar-refractivity contribution is 5.92. The number of carbonyl (C=O) groups excluding carboxylic acids is 1. The molecule has 0 aliphatic heterocycles. The normalized spacial score (nSPS) is 10.0. The third-order valence-corrected chi connectivity index (χ3v) is 2.59. The number of esters is 1. The van der Waals surface area contributed by atoms with Crippen molar-refractivity contribution in [1.82, 2.24) is 0 Å². The quantitative estimate of drug-likeness (QED) is 0.792. The number of rotatable bonds is 4. The van der Waals surface area contributed by atoms with Crippen LogP contribution in [0.3, 0.4) is 0 Å². The fourth-order valence-corrected chi connectivity index (χ4v) is 1.64. The predicted octanol–water partition coefficient (Wildman–Crippen LogP) is 3.19. The van der Waals surface area contributed by atoms with E-state index in [0.717, 1.165) is 11.6 Å².